The maximum absolute atomic E-state index is 12.6. The Bertz CT molecular complexity index is 879. The molecule has 3 aromatic rings. The number of amides is 1. The van der Waals surface area contributed by atoms with Gasteiger partial charge in [0, 0.05) is 11.6 Å². The van der Waals surface area contributed by atoms with Crippen molar-refractivity contribution in [2.45, 2.75) is 25.8 Å². The molecule has 0 unspecified atom stereocenters. The summed E-state index contributed by atoms with van der Waals surface area (Å²) in [6.45, 7) is 2.04. The summed E-state index contributed by atoms with van der Waals surface area (Å²) in [6, 6.07) is 20.2. The Labute approximate surface area is 141 Å². The van der Waals surface area contributed by atoms with Crippen molar-refractivity contribution in [3.8, 4) is 16.9 Å². The molecule has 1 saturated carbocycles. The fourth-order valence-electron chi connectivity index (χ4n) is 2.74. The molecule has 1 aliphatic rings. The molecule has 0 spiro atoms. The van der Waals surface area contributed by atoms with E-state index < -0.39 is 0 Å². The number of rotatable bonds is 4. The summed E-state index contributed by atoms with van der Waals surface area (Å²) >= 11 is 0. The second-order valence-electron chi connectivity index (χ2n) is 6.28. The number of carbonyl (C=O) groups is 1. The molecule has 4 heteroatoms. The summed E-state index contributed by atoms with van der Waals surface area (Å²) in [5, 5.41) is 7.76. The van der Waals surface area contributed by atoms with Gasteiger partial charge in [0.1, 0.15) is 5.69 Å². The van der Waals surface area contributed by atoms with E-state index in [1.807, 2.05) is 67.6 Å². The summed E-state index contributed by atoms with van der Waals surface area (Å²) < 4.78 is 1.74. The Kier molecular flexibility index (Phi) is 3.65. The number of hydrogen-bond donors (Lipinski definition) is 1. The lowest BCUT2D eigenvalue weighted by atomic mass is 10.1. The number of hydrogen-bond acceptors (Lipinski definition) is 2. The van der Waals surface area contributed by atoms with Crippen molar-refractivity contribution in [3.63, 3.8) is 0 Å². The molecule has 1 amide bonds. The molecule has 1 heterocycles. The number of carbonyl (C=O) groups excluding carboxylic acids is 1. The summed E-state index contributed by atoms with van der Waals surface area (Å²) in [4.78, 5) is 12.6. The second kappa shape index (κ2) is 5.96. The van der Waals surface area contributed by atoms with Gasteiger partial charge in [-0.3, -0.25) is 4.79 Å². The van der Waals surface area contributed by atoms with Crippen LogP contribution in [0.4, 0.5) is 0 Å². The first-order valence-corrected chi connectivity index (χ1v) is 8.24. The zero-order valence-electron chi connectivity index (χ0n) is 13.6. The quantitative estimate of drug-likeness (QED) is 0.797. The molecule has 120 valence electrons. The van der Waals surface area contributed by atoms with Gasteiger partial charge in [0.15, 0.2) is 0 Å². The van der Waals surface area contributed by atoms with Crippen LogP contribution < -0.4 is 5.32 Å². The lowest BCUT2D eigenvalue weighted by molar-refractivity contribution is 0.0943. The molecule has 2 aromatic carbocycles. The van der Waals surface area contributed by atoms with Gasteiger partial charge in [0.2, 0.25) is 0 Å². The predicted octanol–water partition coefficient (Wildman–Crippen LogP) is 3.74. The summed E-state index contributed by atoms with van der Waals surface area (Å²) in [5.41, 5.74) is 4.42. The molecular formula is C20H19N3O. The van der Waals surface area contributed by atoms with Crippen LogP contribution in [0.1, 0.15) is 28.9 Å². The van der Waals surface area contributed by atoms with Gasteiger partial charge in [0.25, 0.3) is 5.91 Å². The highest BCUT2D eigenvalue weighted by molar-refractivity contribution is 5.94. The van der Waals surface area contributed by atoms with Crippen molar-refractivity contribution in [1.29, 1.82) is 0 Å². The van der Waals surface area contributed by atoms with Crippen molar-refractivity contribution in [2.75, 3.05) is 0 Å². The van der Waals surface area contributed by atoms with E-state index >= 15 is 0 Å². The van der Waals surface area contributed by atoms with Crippen LogP contribution in [-0.2, 0) is 0 Å². The SMILES string of the molecule is Cc1cccc(-n2nc(-c3ccccc3)cc2C(=O)NC2CC2)c1. The molecule has 4 rings (SSSR count). The molecule has 0 saturated heterocycles. The molecule has 1 N–H and O–H groups in total. The van der Waals surface area contributed by atoms with Crippen molar-refractivity contribution >= 4 is 5.91 Å². The molecule has 0 bridgehead atoms. The molecule has 0 radical (unpaired) electrons. The number of nitrogens with one attached hydrogen (secondary N) is 1. The van der Waals surface area contributed by atoms with E-state index in [1.54, 1.807) is 4.68 Å². The molecule has 0 atom stereocenters. The highest BCUT2D eigenvalue weighted by Gasteiger charge is 2.26. The maximum atomic E-state index is 12.6. The van der Waals surface area contributed by atoms with Crippen LogP contribution in [0.15, 0.2) is 60.7 Å². The van der Waals surface area contributed by atoms with Gasteiger partial charge in [-0.05, 0) is 43.5 Å². The zero-order chi connectivity index (χ0) is 16.5. The molecule has 1 fully saturated rings. The Morgan fingerprint density at radius 1 is 1.08 bits per heavy atom. The van der Waals surface area contributed by atoms with E-state index in [9.17, 15) is 4.79 Å². The van der Waals surface area contributed by atoms with Crippen molar-refractivity contribution in [2.24, 2.45) is 0 Å². The third kappa shape index (κ3) is 2.95. The van der Waals surface area contributed by atoms with Gasteiger partial charge in [-0.15, -0.1) is 0 Å². The van der Waals surface area contributed by atoms with Crippen molar-refractivity contribution in [3.05, 3.63) is 71.9 Å². The largest absolute Gasteiger partial charge is 0.348 e. The van der Waals surface area contributed by atoms with E-state index in [4.69, 9.17) is 5.10 Å². The van der Waals surface area contributed by atoms with E-state index in [-0.39, 0.29) is 5.91 Å². The molecule has 24 heavy (non-hydrogen) atoms. The van der Waals surface area contributed by atoms with Crippen LogP contribution in [0.2, 0.25) is 0 Å². The maximum Gasteiger partial charge on any atom is 0.270 e. The number of aromatic nitrogens is 2. The monoisotopic (exact) mass is 317 g/mol. The van der Waals surface area contributed by atoms with E-state index in [1.165, 1.54) is 0 Å². The highest BCUT2D eigenvalue weighted by atomic mass is 16.2. The van der Waals surface area contributed by atoms with Crippen LogP contribution in [0.25, 0.3) is 16.9 Å². The molecule has 0 aliphatic heterocycles. The van der Waals surface area contributed by atoms with E-state index in [2.05, 4.69) is 5.32 Å². The van der Waals surface area contributed by atoms with Crippen molar-refractivity contribution < 1.29 is 4.79 Å². The Balaban J connectivity index is 1.80. The minimum atomic E-state index is -0.0614. The lowest BCUT2D eigenvalue weighted by Crippen LogP contribution is -2.27. The van der Waals surface area contributed by atoms with Gasteiger partial charge in [0.05, 0.1) is 11.4 Å². The average molecular weight is 317 g/mol. The fraction of sp³-hybridized carbons (Fsp3) is 0.200. The topological polar surface area (TPSA) is 46.9 Å². The summed E-state index contributed by atoms with van der Waals surface area (Å²) in [7, 11) is 0. The van der Waals surface area contributed by atoms with Gasteiger partial charge in [-0.25, -0.2) is 4.68 Å². The molecule has 1 aliphatic carbocycles. The summed E-state index contributed by atoms with van der Waals surface area (Å²) in [5.74, 6) is -0.0614. The average Bonchev–Trinajstić information content (AvgIpc) is 3.29. The third-order valence-corrected chi connectivity index (χ3v) is 4.17. The van der Waals surface area contributed by atoms with Crippen LogP contribution in [0, 0.1) is 6.92 Å². The first-order valence-electron chi connectivity index (χ1n) is 8.24. The van der Waals surface area contributed by atoms with Gasteiger partial charge >= 0.3 is 0 Å². The molecular weight excluding hydrogens is 298 g/mol. The van der Waals surface area contributed by atoms with Crippen LogP contribution in [0.5, 0.6) is 0 Å². The first-order chi connectivity index (χ1) is 11.7. The summed E-state index contributed by atoms with van der Waals surface area (Å²) in [6.07, 6.45) is 2.13. The minimum Gasteiger partial charge on any atom is -0.348 e. The Morgan fingerprint density at radius 2 is 1.88 bits per heavy atom. The van der Waals surface area contributed by atoms with E-state index in [0.717, 1.165) is 35.3 Å². The standard InChI is InChI=1S/C20H19N3O/c1-14-6-5-9-17(12-14)23-19(20(24)21-16-10-11-16)13-18(22-23)15-7-3-2-4-8-15/h2-9,12-13,16H,10-11H2,1H3,(H,21,24). The van der Waals surface area contributed by atoms with Gasteiger partial charge in [-0.1, -0.05) is 42.5 Å². The van der Waals surface area contributed by atoms with Crippen LogP contribution in [0.3, 0.4) is 0 Å². The highest BCUT2D eigenvalue weighted by Crippen LogP contribution is 2.24. The zero-order valence-corrected chi connectivity index (χ0v) is 13.6. The number of nitrogens with zero attached hydrogens (tertiary/aromatic N) is 2. The predicted molar refractivity (Wildman–Crippen MR) is 94.2 cm³/mol. The third-order valence-electron chi connectivity index (χ3n) is 4.17. The number of aryl methyl sites for hydroxylation is 1. The Morgan fingerprint density at radius 3 is 2.58 bits per heavy atom. The smallest absolute Gasteiger partial charge is 0.270 e. The lowest BCUT2D eigenvalue weighted by Gasteiger charge is -2.08. The van der Waals surface area contributed by atoms with Crippen molar-refractivity contribution in [1.82, 2.24) is 15.1 Å². The van der Waals surface area contributed by atoms with Crippen LogP contribution in [-0.4, -0.2) is 21.7 Å². The normalized spacial score (nSPS) is 13.7. The second-order valence-corrected chi connectivity index (χ2v) is 6.28. The fourth-order valence-corrected chi connectivity index (χ4v) is 2.74. The van der Waals surface area contributed by atoms with Crippen LogP contribution >= 0.6 is 0 Å². The molecule has 4 nitrogen and oxygen atoms in total. The first kappa shape index (κ1) is 14.7. The Hall–Kier alpha value is -2.88. The molecule has 1 aromatic heterocycles. The van der Waals surface area contributed by atoms with Gasteiger partial charge < -0.3 is 5.32 Å². The van der Waals surface area contributed by atoms with E-state index in [0.29, 0.717) is 11.7 Å². The number of benzene rings is 2. The minimum absolute atomic E-state index is 0.0614. The van der Waals surface area contributed by atoms with Gasteiger partial charge in [-0.2, -0.15) is 5.10 Å².